The van der Waals surface area contributed by atoms with Gasteiger partial charge >= 0.3 is 5.97 Å². The molecule has 0 heterocycles. The molecule has 25 heavy (non-hydrogen) atoms. The van der Waals surface area contributed by atoms with Gasteiger partial charge in [-0.3, -0.25) is 9.59 Å². The Kier molecular flexibility index (Phi) is 6.11. The first-order valence-corrected chi connectivity index (χ1v) is 7.79. The van der Waals surface area contributed by atoms with E-state index in [4.69, 9.17) is 9.84 Å². The summed E-state index contributed by atoms with van der Waals surface area (Å²) in [5, 5.41) is 11.8. The summed E-state index contributed by atoms with van der Waals surface area (Å²) in [5.74, 6) is -1.21. The Hall–Kier alpha value is -2.89. The molecule has 2 rings (SSSR count). The van der Waals surface area contributed by atoms with E-state index in [1.807, 2.05) is 19.1 Å². The second-order valence-corrected chi connectivity index (χ2v) is 5.76. The van der Waals surface area contributed by atoms with Crippen LogP contribution in [-0.4, -0.2) is 24.1 Å². The Balaban J connectivity index is 2.15. The minimum absolute atomic E-state index is 0.0577. The number of carbonyl (C=O) groups excluding carboxylic acids is 1. The number of rotatable bonds is 7. The van der Waals surface area contributed by atoms with Crippen molar-refractivity contribution in [2.75, 3.05) is 7.11 Å². The van der Waals surface area contributed by atoms with Gasteiger partial charge < -0.3 is 15.2 Å². The van der Waals surface area contributed by atoms with Crippen LogP contribution in [0.4, 0.5) is 4.39 Å². The first-order chi connectivity index (χ1) is 11.9. The number of aliphatic carboxylic acids is 1. The van der Waals surface area contributed by atoms with E-state index >= 15 is 0 Å². The lowest BCUT2D eigenvalue weighted by atomic mass is 10.0. The molecule has 0 aliphatic rings. The molecule has 0 aliphatic heterocycles. The Morgan fingerprint density at radius 3 is 2.48 bits per heavy atom. The number of hydrogen-bond acceptors (Lipinski definition) is 3. The van der Waals surface area contributed by atoms with E-state index in [9.17, 15) is 14.0 Å². The third-order valence-corrected chi connectivity index (χ3v) is 3.77. The molecule has 1 atom stereocenters. The second-order valence-electron chi connectivity index (χ2n) is 5.76. The van der Waals surface area contributed by atoms with Crippen molar-refractivity contribution in [3.05, 3.63) is 65.0 Å². The average Bonchev–Trinajstić information content (AvgIpc) is 2.54. The number of ether oxygens (including phenoxy) is 1. The largest absolute Gasteiger partial charge is 0.496 e. The van der Waals surface area contributed by atoms with Crippen molar-refractivity contribution < 1.29 is 23.8 Å². The van der Waals surface area contributed by atoms with Gasteiger partial charge in [-0.1, -0.05) is 29.8 Å². The summed E-state index contributed by atoms with van der Waals surface area (Å²) in [7, 11) is 1.53. The Bertz CT molecular complexity index is 759. The fraction of sp³-hybridized carbons (Fsp3) is 0.263. The SMILES string of the molecule is COc1ccc(C)cc1CC(=O)N[C@@H](CC(=O)O)c1ccc(F)cc1. The van der Waals surface area contributed by atoms with E-state index in [1.165, 1.54) is 31.4 Å². The minimum Gasteiger partial charge on any atom is -0.496 e. The smallest absolute Gasteiger partial charge is 0.305 e. The predicted molar refractivity (Wildman–Crippen MR) is 91.0 cm³/mol. The second kappa shape index (κ2) is 8.28. The highest BCUT2D eigenvalue weighted by Crippen LogP contribution is 2.22. The highest BCUT2D eigenvalue weighted by atomic mass is 19.1. The molecule has 2 aromatic carbocycles. The molecular weight excluding hydrogens is 325 g/mol. The van der Waals surface area contributed by atoms with E-state index in [0.29, 0.717) is 16.9 Å². The van der Waals surface area contributed by atoms with E-state index in [1.54, 1.807) is 6.07 Å². The predicted octanol–water partition coefficient (Wildman–Crippen LogP) is 3.02. The lowest BCUT2D eigenvalue weighted by molar-refractivity contribution is -0.137. The monoisotopic (exact) mass is 345 g/mol. The van der Waals surface area contributed by atoms with Gasteiger partial charge in [0.05, 0.1) is 26.0 Å². The number of carboxylic acids is 1. The maximum Gasteiger partial charge on any atom is 0.305 e. The molecule has 0 saturated carbocycles. The topological polar surface area (TPSA) is 75.6 Å². The zero-order chi connectivity index (χ0) is 18.4. The summed E-state index contributed by atoms with van der Waals surface area (Å²) in [6.45, 7) is 1.91. The summed E-state index contributed by atoms with van der Waals surface area (Å²) in [6, 6.07) is 10.2. The van der Waals surface area contributed by atoms with E-state index in [0.717, 1.165) is 5.56 Å². The van der Waals surface area contributed by atoms with Crippen LogP contribution >= 0.6 is 0 Å². The van der Waals surface area contributed by atoms with Gasteiger partial charge in [-0.05, 0) is 30.7 Å². The third-order valence-electron chi connectivity index (χ3n) is 3.77. The summed E-state index contributed by atoms with van der Waals surface area (Å²) >= 11 is 0. The van der Waals surface area contributed by atoms with Gasteiger partial charge in [0.15, 0.2) is 0 Å². The molecule has 132 valence electrons. The van der Waals surface area contributed by atoms with Crippen LogP contribution in [0, 0.1) is 12.7 Å². The molecule has 0 unspecified atom stereocenters. The zero-order valence-electron chi connectivity index (χ0n) is 14.1. The van der Waals surface area contributed by atoms with Crippen molar-refractivity contribution in [1.82, 2.24) is 5.32 Å². The molecule has 0 aliphatic carbocycles. The Morgan fingerprint density at radius 1 is 1.20 bits per heavy atom. The highest BCUT2D eigenvalue weighted by molar-refractivity contribution is 5.80. The van der Waals surface area contributed by atoms with Gasteiger partial charge in [-0.15, -0.1) is 0 Å². The molecule has 0 radical (unpaired) electrons. The van der Waals surface area contributed by atoms with Crippen molar-refractivity contribution >= 4 is 11.9 Å². The third kappa shape index (κ3) is 5.31. The summed E-state index contributed by atoms with van der Waals surface area (Å²) < 4.78 is 18.3. The van der Waals surface area contributed by atoms with Gasteiger partial charge in [0.1, 0.15) is 11.6 Å². The van der Waals surface area contributed by atoms with Crippen LogP contribution in [0.5, 0.6) is 5.75 Å². The highest BCUT2D eigenvalue weighted by Gasteiger charge is 2.19. The average molecular weight is 345 g/mol. The number of carbonyl (C=O) groups is 2. The van der Waals surface area contributed by atoms with E-state index in [-0.39, 0.29) is 18.7 Å². The van der Waals surface area contributed by atoms with Crippen molar-refractivity contribution in [3.63, 3.8) is 0 Å². The van der Waals surface area contributed by atoms with Crippen molar-refractivity contribution in [2.45, 2.75) is 25.8 Å². The summed E-state index contributed by atoms with van der Waals surface area (Å²) in [6.07, 6.45) is -0.232. The normalized spacial score (nSPS) is 11.6. The Labute approximate surface area is 145 Å². The molecule has 6 heteroatoms. The number of carboxylic acid groups (broad SMARTS) is 1. The number of nitrogens with one attached hydrogen (secondary N) is 1. The van der Waals surface area contributed by atoms with Crippen molar-refractivity contribution in [2.24, 2.45) is 0 Å². The quantitative estimate of drug-likeness (QED) is 0.809. The lowest BCUT2D eigenvalue weighted by Gasteiger charge is -2.18. The van der Waals surface area contributed by atoms with Crippen LogP contribution in [0.25, 0.3) is 0 Å². The van der Waals surface area contributed by atoms with Gasteiger partial charge in [0.25, 0.3) is 0 Å². The maximum atomic E-state index is 13.1. The molecule has 1 amide bonds. The number of hydrogen-bond donors (Lipinski definition) is 2. The number of methoxy groups -OCH3 is 1. The van der Waals surface area contributed by atoms with Gasteiger partial charge in [-0.25, -0.2) is 4.39 Å². The van der Waals surface area contributed by atoms with E-state index < -0.39 is 17.8 Å². The number of amides is 1. The molecule has 2 aromatic rings. The maximum absolute atomic E-state index is 13.1. The first kappa shape index (κ1) is 18.4. The van der Waals surface area contributed by atoms with Crippen LogP contribution in [0.15, 0.2) is 42.5 Å². The van der Waals surface area contributed by atoms with Crippen molar-refractivity contribution in [3.8, 4) is 5.75 Å². The van der Waals surface area contributed by atoms with Crippen LogP contribution in [0.2, 0.25) is 0 Å². The van der Waals surface area contributed by atoms with Crippen LogP contribution in [0.3, 0.4) is 0 Å². The Morgan fingerprint density at radius 2 is 1.88 bits per heavy atom. The minimum atomic E-state index is -1.05. The fourth-order valence-corrected chi connectivity index (χ4v) is 2.59. The van der Waals surface area contributed by atoms with Crippen LogP contribution in [-0.2, 0) is 16.0 Å². The molecule has 0 aromatic heterocycles. The van der Waals surface area contributed by atoms with Gasteiger partial charge in [0.2, 0.25) is 5.91 Å². The van der Waals surface area contributed by atoms with Gasteiger partial charge in [-0.2, -0.15) is 0 Å². The molecule has 0 fully saturated rings. The van der Waals surface area contributed by atoms with Crippen molar-refractivity contribution in [1.29, 1.82) is 0 Å². The molecule has 5 nitrogen and oxygen atoms in total. The molecule has 0 bridgehead atoms. The fourth-order valence-electron chi connectivity index (χ4n) is 2.59. The van der Waals surface area contributed by atoms with Crippen LogP contribution < -0.4 is 10.1 Å². The molecule has 2 N–H and O–H groups in total. The van der Waals surface area contributed by atoms with E-state index in [2.05, 4.69) is 5.32 Å². The van der Waals surface area contributed by atoms with Crippen LogP contribution in [0.1, 0.15) is 29.2 Å². The standard InChI is InChI=1S/C19H20FNO4/c1-12-3-8-17(25-2)14(9-12)10-18(22)21-16(11-19(23)24)13-4-6-15(20)7-5-13/h3-9,16H,10-11H2,1-2H3,(H,21,22)(H,23,24)/t16-/m0/s1. The molecule has 0 spiro atoms. The summed E-state index contributed by atoms with van der Waals surface area (Å²) in [5.41, 5.74) is 2.24. The first-order valence-electron chi connectivity index (χ1n) is 7.79. The number of aryl methyl sites for hydroxylation is 1. The molecular formula is C19H20FNO4. The number of halogens is 1. The zero-order valence-corrected chi connectivity index (χ0v) is 14.1. The molecule has 0 saturated heterocycles. The summed E-state index contributed by atoms with van der Waals surface area (Å²) in [4.78, 5) is 23.5. The van der Waals surface area contributed by atoms with Gasteiger partial charge in [0, 0.05) is 5.56 Å². The number of benzene rings is 2. The lowest BCUT2D eigenvalue weighted by Crippen LogP contribution is -2.31.